The van der Waals surface area contributed by atoms with Crippen molar-refractivity contribution in [3.8, 4) is 11.1 Å². The van der Waals surface area contributed by atoms with Gasteiger partial charge in [-0.3, -0.25) is 9.97 Å². The first-order valence-electron chi connectivity index (χ1n) is 5.49. The summed E-state index contributed by atoms with van der Waals surface area (Å²) >= 11 is 6.17. The van der Waals surface area contributed by atoms with Gasteiger partial charge in [-0.05, 0) is 29.8 Å². The number of hydrogen-bond donors (Lipinski definition) is 1. The van der Waals surface area contributed by atoms with E-state index in [2.05, 4.69) is 9.97 Å². The third-order valence-electron chi connectivity index (χ3n) is 2.78. The van der Waals surface area contributed by atoms with E-state index in [4.69, 9.17) is 17.3 Å². The van der Waals surface area contributed by atoms with Gasteiger partial charge in [-0.15, -0.1) is 0 Å². The van der Waals surface area contributed by atoms with E-state index in [0.29, 0.717) is 10.7 Å². The number of aromatic nitrogens is 2. The van der Waals surface area contributed by atoms with Gasteiger partial charge in [-0.1, -0.05) is 17.7 Å². The Morgan fingerprint density at radius 2 is 1.89 bits per heavy atom. The fourth-order valence-electron chi connectivity index (χ4n) is 1.91. The molecule has 1 aromatic carbocycles. The molecule has 2 heterocycles. The van der Waals surface area contributed by atoms with Gasteiger partial charge in [0.2, 0.25) is 0 Å². The maximum absolute atomic E-state index is 6.17. The molecule has 4 heteroatoms. The Hall–Kier alpha value is -2.13. The van der Waals surface area contributed by atoms with Crippen LogP contribution in [0.5, 0.6) is 0 Å². The fraction of sp³-hybridized carbons (Fsp3) is 0. The number of hydrogen-bond acceptors (Lipinski definition) is 3. The summed E-state index contributed by atoms with van der Waals surface area (Å²) in [5, 5.41) is 1.62. The lowest BCUT2D eigenvalue weighted by molar-refractivity contribution is 1.33. The second-order valence-electron chi connectivity index (χ2n) is 4.03. The quantitative estimate of drug-likeness (QED) is 0.724. The molecule has 0 fully saturated rings. The van der Waals surface area contributed by atoms with Gasteiger partial charge >= 0.3 is 0 Å². The zero-order valence-corrected chi connectivity index (χ0v) is 10.2. The summed E-state index contributed by atoms with van der Waals surface area (Å²) in [5.74, 6) is 0. The van der Waals surface area contributed by atoms with E-state index in [1.165, 1.54) is 0 Å². The number of nitrogens with two attached hydrogens (primary N) is 1. The maximum atomic E-state index is 6.17. The predicted molar refractivity (Wildman–Crippen MR) is 74.4 cm³/mol. The SMILES string of the molecule is Nc1cncc(-c2ccc3nccc(Cl)c3c2)c1. The fourth-order valence-corrected chi connectivity index (χ4v) is 2.12. The molecule has 0 bridgehead atoms. The van der Waals surface area contributed by atoms with Crippen molar-refractivity contribution in [1.29, 1.82) is 0 Å². The number of pyridine rings is 2. The van der Waals surface area contributed by atoms with E-state index in [1.807, 2.05) is 24.3 Å². The van der Waals surface area contributed by atoms with Crippen molar-refractivity contribution in [3.05, 3.63) is 53.9 Å². The minimum Gasteiger partial charge on any atom is -0.397 e. The van der Waals surface area contributed by atoms with Crippen LogP contribution in [0.4, 0.5) is 5.69 Å². The second-order valence-corrected chi connectivity index (χ2v) is 4.44. The van der Waals surface area contributed by atoms with E-state index in [0.717, 1.165) is 22.0 Å². The lowest BCUT2D eigenvalue weighted by Crippen LogP contribution is -1.88. The molecule has 3 aromatic rings. The number of nitrogens with zero attached hydrogens (tertiary/aromatic N) is 2. The molecule has 18 heavy (non-hydrogen) atoms. The first-order chi connectivity index (χ1) is 8.74. The smallest absolute Gasteiger partial charge is 0.0717 e. The van der Waals surface area contributed by atoms with E-state index in [-0.39, 0.29) is 0 Å². The molecule has 0 saturated carbocycles. The lowest BCUT2D eigenvalue weighted by Gasteiger charge is -2.05. The number of benzene rings is 1. The standard InChI is InChI=1S/C14H10ClN3/c15-13-3-4-18-14-2-1-9(6-12(13)14)10-5-11(16)8-17-7-10/h1-8H,16H2. The van der Waals surface area contributed by atoms with E-state index >= 15 is 0 Å². The number of fused-ring (bicyclic) bond motifs is 1. The van der Waals surface area contributed by atoms with E-state index in [1.54, 1.807) is 24.7 Å². The van der Waals surface area contributed by atoms with Gasteiger partial charge in [0.15, 0.2) is 0 Å². The number of nitrogen functional groups attached to an aromatic ring is 1. The van der Waals surface area contributed by atoms with Crippen molar-refractivity contribution in [1.82, 2.24) is 9.97 Å². The van der Waals surface area contributed by atoms with E-state index in [9.17, 15) is 0 Å². The molecule has 0 unspecified atom stereocenters. The predicted octanol–water partition coefficient (Wildman–Crippen LogP) is 3.53. The van der Waals surface area contributed by atoms with Gasteiger partial charge in [-0.2, -0.15) is 0 Å². The summed E-state index contributed by atoms with van der Waals surface area (Å²) < 4.78 is 0. The average Bonchev–Trinajstić information content (AvgIpc) is 2.39. The van der Waals surface area contributed by atoms with Gasteiger partial charge in [0.25, 0.3) is 0 Å². The van der Waals surface area contributed by atoms with Gasteiger partial charge in [0.05, 0.1) is 16.2 Å². The summed E-state index contributed by atoms with van der Waals surface area (Å²) in [4.78, 5) is 8.36. The Balaban J connectivity index is 2.22. The van der Waals surface area contributed by atoms with Crippen LogP contribution in [-0.2, 0) is 0 Å². The largest absolute Gasteiger partial charge is 0.397 e. The summed E-state index contributed by atoms with van der Waals surface area (Å²) in [6.07, 6.45) is 5.10. The molecule has 2 N–H and O–H groups in total. The Bertz CT molecular complexity index is 725. The topological polar surface area (TPSA) is 51.8 Å². The molecule has 0 saturated heterocycles. The molecule has 0 radical (unpaired) electrons. The van der Waals surface area contributed by atoms with Crippen molar-refractivity contribution in [3.63, 3.8) is 0 Å². The zero-order chi connectivity index (χ0) is 12.5. The number of rotatable bonds is 1. The van der Waals surface area contributed by atoms with Gasteiger partial charge in [0.1, 0.15) is 0 Å². The highest BCUT2D eigenvalue weighted by atomic mass is 35.5. The first-order valence-corrected chi connectivity index (χ1v) is 5.87. The molecular formula is C14H10ClN3. The zero-order valence-electron chi connectivity index (χ0n) is 9.47. The summed E-state index contributed by atoms with van der Waals surface area (Å²) in [5.41, 5.74) is 9.25. The second kappa shape index (κ2) is 4.27. The van der Waals surface area contributed by atoms with Crippen LogP contribution in [0, 0.1) is 0 Å². The van der Waals surface area contributed by atoms with Crippen LogP contribution in [0.3, 0.4) is 0 Å². The van der Waals surface area contributed by atoms with Crippen molar-refractivity contribution in [2.75, 3.05) is 5.73 Å². The highest BCUT2D eigenvalue weighted by molar-refractivity contribution is 6.35. The third kappa shape index (κ3) is 1.89. The molecule has 0 amide bonds. The van der Waals surface area contributed by atoms with Gasteiger partial charge in [-0.25, -0.2) is 0 Å². The monoisotopic (exact) mass is 255 g/mol. The Labute approximate surface area is 109 Å². The third-order valence-corrected chi connectivity index (χ3v) is 3.11. The molecule has 0 aliphatic rings. The Morgan fingerprint density at radius 1 is 1.00 bits per heavy atom. The van der Waals surface area contributed by atoms with Crippen molar-refractivity contribution in [2.24, 2.45) is 0 Å². The van der Waals surface area contributed by atoms with Crippen molar-refractivity contribution in [2.45, 2.75) is 0 Å². The lowest BCUT2D eigenvalue weighted by atomic mass is 10.0. The van der Waals surface area contributed by atoms with E-state index < -0.39 is 0 Å². The van der Waals surface area contributed by atoms with Crippen LogP contribution in [0.15, 0.2) is 48.9 Å². The summed E-state index contributed by atoms with van der Waals surface area (Å²) in [7, 11) is 0. The van der Waals surface area contributed by atoms with Gasteiger partial charge in [0, 0.05) is 29.5 Å². The van der Waals surface area contributed by atoms with Crippen LogP contribution >= 0.6 is 11.6 Å². The van der Waals surface area contributed by atoms with Crippen LogP contribution in [0.2, 0.25) is 5.02 Å². The van der Waals surface area contributed by atoms with Crippen LogP contribution in [0.1, 0.15) is 0 Å². The molecule has 3 rings (SSSR count). The van der Waals surface area contributed by atoms with Crippen LogP contribution in [0.25, 0.3) is 22.0 Å². The van der Waals surface area contributed by atoms with Crippen LogP contribution < -0.4 is 5.73 Å². The highest BCUT2D eigenvalue weighted by Gasteiger charge is 2.04. The molecular weight excluding hydrogens is 246 g/mol. The normalized spacial score (nSPS) is 10.7. The minimum atomic E-state index is 0.643. The number of anilines is 1. The van der Waals surface area contributed by atoms with Crippen molar-refractivity contribution < 1.29 is 0 Å². The Kier molecular flexibility index (Phi) is 2.61. The molecule has 2 aromatic heterocycles. The minimum absolute atomic E-state index is 0.643. The molecule has 0 aliphatic carbocycles. The summed E-state index contributed by atoms with van der Waals surface area (Å²) in [6, 6.07) is 9.60. The Morgan fingerprint density at radius 3 is 2.72 bits per heavy atom. The van der Waals surface area contributed by atoms with Crippen LogP contribution in [-0.4, -0.2) is 9.97 Å². The molecule has 88 valence electrons. The summed E-state index contributed by atoms with van der Waals surface area (Å²) in [6.45, 7) is 0. The molecule has 0 atom stereocenters. The molecule has 0 spiro atoms. The van der Waals surface area contributed by atoms with Crippen molar-refractivity contribution >= 4 is 28.2 Å². The average molecular weight is 256 g/mol. The maximum Gasteiger partial charge on any atom is 0.0717 e. The molecule has 3 nitrogen and oxygen atoms in total. The number of halogens is 1. The van der Waals surface area contributed by atoms with Gasteiger partial charge < -0.3 is 5.73 Å². The first kappa shape index (κ1) is 11.0. The molecule has 0 aliphatic heterocycles. The highest BCUT2D eigenvalue weighted by Crippen LogP contribution is 2.28.